The average molecular weight is 289 g/mol. The Labute approximate surface area is 120 Å². The first-order chi connectivity index (χ1) is 9.93. The second kappa shape index (κ2) is 4.95. The molecule has 0 aliphatic carbocycles. The van der Waals surface area contributed by atoms with Gasteiger partial charge in [-0.25, -0.2) is 0 Å². The summed E-state index contributed by atoms with van der Waals surface area (Å²) in [6.45, 7) is 2.59. The number of halogens is 3. The van der Waals surface area contributed by atoms with Crippen LogP contribution in [0.4, 0.5) is 13.2 Å². The van der Waals surface area contributed by atoms with E-state index in [4.69, 9.17) is 0 Å². The lowest BCUT2D eigenvalue weighted by Gasteiger charge is -2.09. The maximum absolute atomic E-state index is 12.5. The van der Waals surface area contributed by atoms with Gasteiger partial charge in [0, 0.05) is 18.3 Å². The van der Waals surface area contributed by atoms with Gasteiger partial charge in [0.1, 0.15) is 0 Å². The Bertz CT molecular complexity index is 767. The average Bonchev–Trinajstić information content (AvgIpc) is 2.80. The first-order valence-electron chi connectivity index (χ1n) is 6.65. The van der Waals surface area contributed by atoms with Gasteiger partial charge in [-0.05, 0) is 48.2 Å². The van der Waals surface area contributed by atoms with Crippen molar-refractivity contribution in [1.82, 2.24) is 4.57 Å². The fraction of sp³-hybridized carbons (Fsp3) is 0.176. The summed E-state index contributed by atoms with van der Waals surface area (Å²) in [6, 6.07) is 13.5. The molecule has 0 aliphatic rings. The van der Waals surface area contributed by atoms with Crippen LogP contribution in [-0.4, -0.2) is 4.57 Å². The molecule has 3 rings (SSSR count). The largest absolute Gasteiger partial charge is 0.416 e. The second-order valence-electron chi connectivity index (χ2n) is 5.20. The molecule has 0 saturated heterocycles. The number of nitrogens with zero attached hydrogens (tertiary/aromatic N) is 1. The molecule has 2 aromatic carbocycles. The molecule has 0 saturated carbocycles. The van der Waals surface area contributed by atoms with E-state index in [1.807, 2.05) is 35.9 Å². The molecule has 0 unspecified atom stereocenters. The van der Waals surface area contributed by atoms with Crippen LogP contribution < -0.4 is 0 Å². The smallest absolute Gasteiger partial charge is 0.343 e. The van der Waals surface area contributed by atoms with Crippen LogP contribution in [0, 0.1) is 6.92 Å². The molecule has 3 aromatic rings. The molecule has 108 valence electrons. The van der Waals surface area contributed by atoms with Gasteiger partial charge in [0.15, 0.2) is 0 Å². The van der Waals surface area contributed by atoms with Crippen LogP contribution >= 0.6 is 0 Å². The number of fused-ring (bicyclic) bond motifs is 1. The summed E-state index contributed by atoms with van der Waals surface area (Å²) < 4.78 is 39.7. The predicted octanol–water partition coefficient (Wildman–Crippen LogP) is 5.02. The molecule has 21 heavy (non-hydrogen) atoms. The lowest BCUT2D eigenvalue weighted by Crippen LogP contribution is -2.05. The van der Waals surface area contributed by atoms with Gasteiger partial charge in [-0.15, -0.1) is 0 Å². The molecule has 0 amide bonds. The van der Waals surface area contributed by atoms with Crippen molar-refractivity contribution in [2.45, 2.75) is 19.6 Å². The van der Waals surface area contributed by atoms with E-state index < -0.39 is 11.7 Å². The topological polar surface area (TPSA) is 4.93 Å². The minimum absolute atomic E-state index is 0.560. The molecule has 0 radical (unpaired) electrons. The van der Waals surface area contributed by atoms with Gasteiger partial charge in [-0.1, -0.05) is 23.8 Å². The first kappa shape index (κ1) is 13.7. The number of aryl methyl sites for hydroxylation is 1. The predicted molar refractivity (Wildman–Crippen MR) is 77.2 cm³/mol. The lowest BCUT2D eigenvalue weighted by molar-refractivity contribution is -0.137. The van der Waals surface area contributed by atoms with E-state index >= 15 is 0 Å². The summed E-state index contributed by atoms with van der Waals surface area (Å²) in [5.74, 6) is 0. The highest BCUT2D eigenvalue weighted by Gasteiger charge is 2.29. The molecule has 1 aromatic heterocycles. The number of hydrogen-bond donors (Lipinski definition) is 0. The fourth-order valence-corrected chi connectivity index (χ4v) is 2.45. The number of hydrogen-bond acceptors (Lipinski definition) is 0. The highest BCUT2D eigenvalue weighted by molar-refractivity contribution is 5.80. The van der Waals surface area contributed by atoms with E-state index in [2.05, 4.69) is 6.07 Å². The van der Waals surface area contributed by atoms with Gasteiger partial charge in [0.25, 0.3) is 0 Å². The Kier molecular flexibility index (Phi) is 3.24. The van der Waals surface area contributed by atoms with Crippen molar-refractivity contribution in [2.75, 3.05) is 0 Å². The van der Waals surface area contributed by atoms with Gasteiger partial charge in [-0.3, -0.25) is 0 Å². The van der Waals surface area contributed by atoms with Gasteiger partial charge in [0.05, 0.1) is 5.56 Å². The Hall–Kier alpha value is -2.23. The van der Waals surface area contributed by atoms with Crippen LogP contribution in [0.3, 0.4) is 0 Å². The summed E-state index contributed by atoms with van der Waals surface area (Å²) in [5.41, 5.74) is 2.51. The molecule has 1 nitrogen and oxygen atoms in total. The van der Waals surface area contributed by atoms with Crippen LogP contribution in [-0.2, 0) is 12.7 Å². The Balaban J connectivity index is 1.88. The normalized spacial score (nSPS) is 12.0. The van der Waals surface area contributed by atoms with E-state index in [9.17, 15) is 13.2 Å². The summed E-state index contributed by atoms with van der Waals surface area (Å²) in [6.07, 6.45) is -2.32. The standard InChI is InChI=1S/C17H14F3N/c1-12-2-7-16-14(10-12)8-9-21(16)11-13-3-5-15(6-4-13)17(18,19)20/h2-10H,11H2,1H3. The zero-order valence-corrected chi connectivity index (χ0v) is 11.5. The molecule has 0 N–H and O–H groups in total. The van der Waals surface area contributed by atoms with E-state index in [-0.39, 0.29) is 0 Å². The lowest BCUT2D eigenvalue weighted by atomic mass is 10.1. The third kappa shape index (κ3) is 2.79. The van der Waals surface area contributed by atoms with Crippen LogP contribution in [0.1, 0.15) is 16.7 Å². The molecule has 0 spiro atoms. The molecule has 0 bridgehead atoms. The van der Waals surface area contributed by atoms with Crippen molar-refractivity contribution < 1.29 is 13.2 Å². The highest BCUT2D eigenvalue weighted by Crippen LogP contribution is 2.29. The number of alkyl halides is 3. The van der Waals surface area contributed by atoms with Crippen LogP contribution in [0.2, 0.25) is 0 Å². The van der Waals surface area contributed by atoms with Crippen molar-refractivity contribution in [3.63, 3.8) is 0 Å². The fourth-order valence-electron chi connectivity index (χ4n) is 2.45. The molecule has 0 atom stereocenters. The number of aromatic nitrogens is 1. The molecular weight excluding hydrogens is 275 g/mol. The Morgan fingerprint density at radius 1 is 0.952 bits per heavy atom. The van der Waals surface area contributed by atoms with Gasteiger partial charge >= 0.3 is 6.18 Å². The summed E-state index contributed by atoms with van der Waals surface area (Å²) in [5, 5.41) is 1.14. The summed E-state index contributed by atoms with van der Waals surface area (Å²) >= 11 is 0. The zero-order chi connectivity index (χ0) is 15.0. The molecule has 1 heterocycles. The van der Waals surface area contributed by atoms with E-state index in [1.54, 1.807) is 0 Å². The summed E-state index contributed by atoms with van der Waals surface area (Å²) in [7, 11) is 0. The van der Waals surface area contributed by atoms with Crippen molar-refractivity contribution in [1.29, 1.82) is 0 Å². The monoisotopic (exact) mass is 289 g/mol. The van der Waals surface area contributed by atoms with Gasteiger partial charge < -0.3 is 4.57 Å². The summed E-state index contributed by atoms with van der Waals surface area (Å²) in [4.78, 5) is 0. The second-order valence-corrected chi connectivity index (χ2v) is 5.20. The molecular formula is C17H14F3N. The minimum atomic E-state index is -4.28. The van der Waals surface area contributed by atoms with E-state index in [1.165, 1.54) is 17.7 Å². The van der Waals surface area contributed by atoms with Crippen LogP contribution in [0.25, 0.3) is 10.9 Å². The zero-order valence-electron chi connectivity index (χ0n) is 11.5. The maximum Gasteiger partial charge on any atom is 0.416 e. The third-order valence-corrected chi connectivity index (χ3v) is 3.56. The van der Waals surface area contributed by atoms with Gasteiger partial charge in [0.2, 0.25) is 0 Å². The molecule has 4 heteroatoms. The Morgan fingerprint density at radius 2 is 1.67 bits per heavy atom. The van der Waals surface area contributed by atoms with E-state index in [0.717, 1.165) is 28.6 Å². The van der Waals surface area contributed by atoms with Crippen LogP contribution in [0.5, 0.6) is 0 Å². The van der Waals surface area contributed by atoms with Crippen LogP contribution in [0.15, 0.2) is 54.7 Å². The highest BCUT2D eigenvalue weighted by atomic mass is 19.4. The first-order valence-corrected chi connectivity index (χ1v) is 6.65. The van der Waals surface area contributed by atoms with Crippen molar-refractivity contribution in [3.8, 4) is 0 Å². The quantitative estimate of drug-likeness (QED) is 0.624. The Morgan fingerprint density at radius 3 is 2.33 bits per heavy atom. The SMILES string of the molecule is Cc1ccc2c(ccn2Cc2ccc(C(F)(F)F)cc2)c1. The van der Waals surface area contributed by atoms with Crippen molar-refractivity contribution >= 4 is 10.9 Å². The molecule has 0 fully saturated rings. The maximum atomic E-state index is 12.5. The number of benzene rings is 2. The van der Waals surface area contributed by atoms with Crippen molar-refractivity contribution in [2.24, 2.45) is 0 Å². The van der Waals surface area contributed by atoms with Crippen molar-refractivity contribution in [3.05, 3.63) is 71.4 Å². The number of rotatable bonds is 2. The molecule has 0 aliphatic heterocycles. The van der Waals surface area contributed by atoms with E-state index in [0.29, 0.717) is 6.54 Å². The van der Waals surface area contributed by atoms with Gasteiger partial charge in [-0.2, -0.15) is 13.2 Å². The third-order valence-electron chi connectivity index (χ3n) is 3.56. The minimum Gasteiger partial charge on any atom is -0.343 e.